The molecule has 35 heavy (non-hydrogen) atoms. The van der Waals surface area contributed by atoms with Gasteiger partial charge in [0.25, 0.3) is 5.91 Å². The second-order valence-electron chi connectivity index (χ2n) is 7.94. The fourth-order valence-electron chi connectivity index (χ4n) is 3.41. The van der Waals surface area contributed by atoms with E-state index in [1.54, 1.807) is 48.5 Å². The first-order chi connectivity index (χ1) is 16.6. The number of urea groups is 2. The highest BCUT2D eigenvalue weighted by Gasteiger charge is 2.37. The summed E-state index contributed by atoms with van der Waals surface area (Å²) in [5, 5.41) is 16.9. The van der Waals surface area contributed by atoms with Gasteiger partial charge in [-0.1, -0.05) is 35.9 Å². The number of nitrogens with zero attached hydrogens (tertiary/aromatic N) is 2. The summed E-state index contributed by atoms with van der Waals surface area (Å²) >= 11 is 6.03. The number of hydrogen-bond donors (Lipinski definition) is 4. The van der Waals surface area contributed by atoms with Gasteiger partial charge in [-0.2, -0.15) is 0 Å². The number of anilines is 2. The highest BCUT2D eigenvalue weighted by molar-refractivity contribution is 6.33. The first-order valence-corrected chi connectivity index (χ1v) is 11.0. The summed E-state index contributed by atoms with van der Waals surface area (Å²) < 4.78 is 0. The topological polar surface area (TPSA) is 148 Å². The van der Waals surface area contributed by atoms with E-state index in [9.17, 15) is 24.0 Å². The summed E-state index contributed by atoms with van der Waals surface area (Å²) in [4.78, 5) is 62.0. The van der Waals surface area contributed by atoms with Gasteiger partial charge in [-0.05, 0) is 36.8 Å². The second kappa shape index (κ2) is 11.3. The molecule has 0 radical (unpaired) electrons. The Bertz CT molecular complexity index is 1140. The van der Waals surface area contributed by atoms with E-state index in [-0.39, 0.29) is 19.5 Å². The first-order valence-electron chi connectivity index (χ1n) is 10.6. The fourth-order valence-corrected chi connectivity index (χ4v) is 3.59. The summed E-state index contributed by atoms with van der Waals surface area (Å²) in [6.07, 6.45) is -0.272. The van der Waals surface area contributed by atoms with Crippen molar-refractivity contribution in [1.29, 1.82) is 0 Å². The number of carbonyl (C=O) groups excluding carboxylic acids is 4. The highest BCUT2D eigenvalue weighted by Crippen LogP contribution is 2.21. The van der Waals surface area contributed by atoms with Crippen LogP contribution < -0.4 is 16.0 Å². The molecule has 2 aromatic carbocycles. The van der Waals surface area contributed by atoms with Crippen LogP contribution in [0.2, 0.25) is 5.02 Å². The van der Waals surface area contributed by atoms with E-state index in [4.69, 9.17) is 16.7 Å². The predicted molar refractivity (Wildman–Crippen MR) is 128 cm³/mol. The van der Waals surface area contributed by atoms with Crippen LogP contribution in [0.25, 0.3) is 0 Å². The lowest BCUT2D eigenvalue weighted by Crippen LogP contribution is -2.44. The van der Waals surface area contributed by atoms with Gasteiger partial charge in [0.05, 0.1) is 17.1 Å². The molecule has 0 aromatic heterocycles. The van der Waals surface area contributed by atoms with Gasteiger partial charge < -0.3 is 26.0 Å². The molecule has 1 aliphatic heterocycles. The molecular formula is C23H24ClN5O6. The Morgan fingerprint density at radius 2 is 1.74 bits per heavy atom. The number of rotatable bonds is 9. The first kappa shape index (κ1) is 25.5. The summed E-state index contributed by atoms with van der Waals surface area (Å²) in [6.45, 7) is 0.980. The number of imide groups is 1. The number of aliphatic carboxylic acids is 1. The summed E-state index contributed by atoms with van der Waals surface area (Å²) in [6, 6.07) is 11.8. The van der Waals surface area contributed by atoms with Crippen molar-refractivity contribution in [3.63, 3.8) is 0 Å². The van der Waals surface area contributed by atoms with Gasteiger partial charge in [-0.15, -0.1) is 0 Å². The third-order valence-corrected chi connectivity index (χ3v) is 5.36. The van der Waals surface area contributed by atoms with Crippen molar-refractivity contribution in [2.75, 3.05) is 23.7 Å². The third-order valence-electron chi connectivity index (χ3n) is 5.03. The molecule has 0 aliphatic carbocycles. The van der Waals surface area contributed by atoms with Crippen LogP contribution in [0.15, 0.2) is 48.5 Å². The Morgan fingerprint density at radius 3 is 2.40 bits per heavy atom. The zero-order chi connectivity index (χ0) is 25.5. The van der Waals surface area contributed by atoms with Crippen LogP contribution in [0.4, 0.5) is 21.0 Å². The number of para-hydroxylation sites is 1. The number of nitrogens with one attached hydrogen (secondary N) is 3. The van der Waals surface area contributed by atoms with Crippen LogP contribution in [0.5, 0.6) is 0 Å². The van der Waals surface area contributed by atoms with E-state index in [0.717, 1.165) is 4.90 Å². The highest BCUT2D eigenvalue weighted by atomic mass is 35.5. The summed E-state index contributed by atoms with van der Waals surface area (Å²) in [5.74, 6) is -2.21. The van der Waals surface area contributed by atoms with Gasteiger partial charge >= 0.3 is 18.0 Å². The maximum atomic E-state index is 12.6. The van der Waals surface area contributed by atoms with Gasteiger partial charge in [-0.3, -0.25) is 19.3 Å². The van der Waals surface area contributed by atoms with E-state index in [2.05, 4.69) is 16.0 Å². The van der Waals surface area contributed by atoms with Crippen molar-refractivity contribution in [3.8, 4) is 0 Å². The lowest BCUT2D eigenvalue weighted by atomic mass is 10.2. The van der Waals surface area contributed by atoms with Gasteiger partial charge in [0.1, 0.15) is 13.1 Å². The molecule has 11 nitrogen and oxygen atoms in total. The van der Waals surface area contributed by atoms with E-state index < -0.39 is 42.4 Å². The Labute approximate surface area is 206 Å². The minimum Gasteiger partial charge on any atom is -0.481 e. The molecule has 3 rings (SSSR count). The molecule has 1 saturated heterocycles. The van der Waals surface area contributed by atoms with Crippen LogP contribution >= 0.6 is 11.6 Å². The molecule has 12 heteroatoms. The molecule has 1 atom stereocenters. The molecule has 0 saturated carbocycles. The largest absolute Gasteiger partial charge is 0.481 e. The van der Waals surface area contributed by atoms with Gasteiger partial charge in [0, 0.05) is 18.3 Å². The number of carbonyl (C=O) groups is 5. The molecule has 6 amide bonds. The van der Waals surface area contributed by atoms with E-state index >= 15 is 0 Å². The molecule has 0 spiro atoms. The zero-order valence-corrected chi connectivity index (χ0v) is 19.5. The van der Waals surface area contributed by atoms with Crippen LogP contribution in [-0.2, 0) is 20.9 Å². The quantitative estimate of drug-likeness (QED) is 0.388. The monoisotopic (exact) mass is 501 g/mol. The van der Waals surface area contributed by atoms with E-state index in [1.165, 1.54) is 11.8 Å². The van der Waals surface area contributed by atoms with Crippen molar-refractivity contribution in [1.82, 2.24) is 15.1 Å². The molecule has 1 heterocycles. The van der Waals surface area contributed by atoms with E-state index in [0.29, 0.717) is 22.0 Å². The van der Waals surface area contributed by atoms with Gasteiger partial charge in [0.2, 0.25) is 5.91 Å². The molecule has 0 bridgehead atoms. The SMILES string of the molecule is CC(CC(=O)O)NC(=O)CN1C(=O)CN(Cc2ccc(NC(=O)Nc3ccccc3Cl)cc2)C1=O. The van der Waals surface area contributed by atoms with Crippen molar-refractivity contribution in [2.24, 2.45) is 0 Å². The average molecular weight is 502 g/mol. The lowest BCUT2D eigenvalue weighted by molar-refractivity contribution is -0.138. The number of carboxylic acids is 1. The molecule has 1 unspecified atom stereocenters. The average Bonchev–Trinajstić information content (AvgIpc) is 3.03. The lowest BCUT2D eigenvalue weighted by Gasteiger charge is -2.18. The predicted octanol–water partition coefficient (Wildman–Crippen LogP) is 2.73. The summed E-state index contributed by atoms with van der Waals surface area (Å²) in [5.41, 5.74) is 1.69. The molecule has 4 N–H and O–H groups in total. The van der Waals surface area contributed by atoms with Gasteiger partial charge in [0.15, 0.2) is 0 Å². The maximum Gasteiger partial charge on any atom is 0.328 e. The molecule has 184 valence electrons. The van der Waals surface area contributed by atoms with Crippen molar-refractivity contribution in [3.05, 3.63) is 59.1 Å². The minimum atomic E-state index is -1.07. The molecular weight excluding hydrogens is 478 g/mol. The Kier molecular flexibility index (Phi) is 8.26. The number of carboxylic acid groups (broad SMARTS) is 1. The smallest absolute Gasteiger partial charge is 0.328 e. The standard InChI is InChI=1S/C23H24ClN5O6/c1-14(10-21(32)33)25-19(30)12-29-20(31)13-28(23(29)35)11-15-6-8-16(9-7-15)26-22(34)27-18-5-3-2-4-17(18)24/h2-9,14H,10-13H2,1H3,(H,25,30)(H,32,33)(H2,26,27,34). The Morgan fingerprint density at radius 1 is 1.06 bits per heavy atom. The minimum absolute atomic E-state index is 0.129. The third kappa shape index (κ3) is 7.18. The number of benzene rings is 2. The molecule has 1 aliphatic rings. The number of hydrogen-bond acceptors (Lipinski definition) is 5. The molecule has 2 aromatic rings. The van der Waals surface area contributed by atoms with Gasteiger partial charge in [-0.25, -0.2) is 9.59 Å². The van der Waals surface area contributed by atoms with E-state index in [1.807, 2.05) is 0 Å². The van der Waals surface area contributed by atoms with Crippen LogP contribution in [0.1, 0.15) is 18.9 Å². The Balaban J connectivity index is 1.52. The van der Waals surface area contributed by atoms with Crippen molar-refractivity contribution < 1.29 is 29.1 Å². The maximum absolute atomic E-state index is 12.6. The second-order valence-corrected chi connectivity index (χ2v) is 8.35. The van der Waals surface area contributed by atoms with Crippen LogP contribution in [0.3, 0.4) is 0 Å². The van der Waals surface area contributed by atoms with Crippen LogP contribution in [0, 0.1) is 0 Å². The number of amides is 6. The Hall–Kier alpha value is -4.12. The number of halogens is 1. The summed E-state index contributed by atoms with van der Waals surface area (Å²) in [7, 11) is 0. The fraction of sp³-hybridized carbons (Fsp3) is 0.261. The molecule has 1 fully saturated rings. The van der Waals surface area contributed by atoms with Crippen molar-refractivity contribution in [2.45, 2.75) is 25.9 Å². The van der Waals surface area contributed by atoms with Crippen molar-refractivity contribution >= 4 is 52.8 Å². The van der Waals surface area contributed by atoms with Crippen LogP contribution in [-0.4, -0.2) is 63.9 Å². The normalized spacial score (nSPS) is 14.0. The zero-order valence-electron chi connectivity index (χ0n) is 18.8.